The molecule has 0 aromatic carbocycles. The quantitative estimate of drug-likeness (QED) is 0.789. The lowest BCUT2D eigenvalue weighted by molar-refractivity contribution is 0.420. The van der Waals surface area contributed by atoms with E-state index in [1.807, 2.05) is 0 Å². The first kappa shape index (κ1) is 16.3. The van der Waals surface area contributed by atoms with Crippen LogP contribution in [0.4, 0.5) is 26.3 Å². The molecule has 0 N–H and O–H groups in total. The molecule has 0 bridgehead atoms. The predicted octanol–water partition coefficient (Wildman–Crippen LogP) is 1.26. The summed E-state index contributed by atoms with van der Waals surface area (Å²) in [5.41, 5.74) is -5.64. The highest BCUT2D eigenvalue weighted by atomic mass is 19.3. The highest BCUT2D eigenvalue weighted by Crippen LogP contribution is 2.00. The van der Waals surface area contributed by atoms with E-state index in [9.17, 15) is 40.7 Å². The first-order chi connectivity index (χ1) is 9.65. The molecule has 0 radical (unpaired) electrons. The van der Waals surface area contributed by atoms with E-state index in [-0.39, 0.29) is 0 Å². The maximum absolute atomic E-state index is 12.1. The molecule has 1 rings (SSSR count). The van der Waals surface area contributed by atoms with Gasteiger partial charge in [0.2, 0.25) is 0 Å². The van der Waals surface area contributed by atoms with Crippen molar-refractivity contribution in [2.45, 2.75) is 0 Å². The number of rotatable bonds is 3. The lowest BCUT2D eigenvalue weighted by Crippen LogP contribution is -2.50. The monoisotopic (exact) mass is 315 g/mol. The van der Waals surface area contributed by atoms with Crippen molar-refractivity contribution in [1.29, 1.82) is 0 Å². The number of hydrogen-bond acceptors (Lipinski definition) is 3. The number of halogens is 6. The van der Waals surface area contributed by atoms with Gasteiger partial charge in [-0.1, -0.05) is 0 Å². The van der Waals surface area contributed by atoms with Gasteiger partial charge in [0.05, 0.1) is 18.6 Å². The molecular formula is C9H3F6N3O3. The second kappa shape index (κ2) is 6.11. The van der Waals surface area contributed by atoms with Gasteiger partial charge in [-0.3, -0.25) is 0 Å². The summed E-state index contributed by atoms with van der Waals surface area (Å²) < 4.78 is 71.2. The number of aromatic nitrogens is 3. The number of hydrogen-bond donors (Lipinski definition) is 0. The van der Waals surface area contributed by atoms with Crippen LogP contribution in [0.15, 0.2) is 32.6 Å². The molecule has 0 fully saturated rings. The molecule has 0 spiro atoms. The van der Waals surface area contributed by atoms with Gasteiger partial charge in [0.15, 0.2) is 0 Å². The maximum atomic E-state index is 12.1. The molecule has 0 saturated heterocycles. The van der Waals surface area contributed by atoms with Crippen LogP contribution < -0.4 is 17.1 Å². The Morgan fingerprint density at radius 1 is 0.571 bits per heavy atom. The second-order valence-corrected chi connectivity index (χ2v) is 3.21. The zero-order valence-electron chi connectivity index (χ0n) is 9.57. The summed E-state index contributed by atoms with van der Waals surface area (Å²) in [6.07, 6.45) is -8.98. The summed E-state index contributed by atoms with van der Waals surface area (Å²) in [4.78, 5) is 34.4. The van der Waals surface area contributed by atoms with Crippen LogP contribution in [0.2, 0.25) is 0 Å². The van der Waals surface area contributed by atoms with E-state index in [0.717, 1.165) is 0 Å². The van der Waals surface area contributed by atoms with E-state index in [1.165, 1.54) is 0 Å². The lowest BCUT2D eigenvalue weighted by atomic mass is 10.7. The highest BCUT2D eigenvalue weighted by molar-refractivity contribution is 5.30. The van der Waals surface area contributed by atoms with E-state index < -0.39 is 67.6 Å². The van der Waals surface area contributed by atoms with Crippen molar-refractivity contribution in [2.75, 3.05) is 0 Å². The van der Waals surface area contributed by atoms with Crippen LogP contribution >= 0.6 is 0 Å². The average Bonchev–Trinajstić information content (AvgIpc) is 2.35. The molecule has 0 aliphatic rings. The topological polar surface area (TPSA) is 66.0 Å². The maximum Gasteiger partial charge on any atom is 0.345 e. The van der Waals surface area contributed by atoms with Gasteiger partial charge in [0.1, 0.15) is 0 Å². The van der Waals surface area contributed by atoms with E-state index in [4.69, 9.17) is 0 Å². The van der Waals surface area contributed by atoms with Gasteiger partial charge in [-0.2, -0.15) is 26.3 Å². The molecular weight excluding hydrogens is 312 g/mol. The third-order valence-electron chi connectivity index (χ3n) is 1.92. The molecule has 0 atom stereocenters. The summed E-state index contributed by atoms with van der Waals surface area (Å²) >= 11 is 0. The van der Waals surface area contributed by atoms with Crippen molar-refractivity contribution in [1.82, 2.24) is 13.7 Å². The van der Waals surface area contributed by atoms with Crippen molar-refractivity contribution >= 4 is 18.6 Å². The first-order valence-electron chi connectivity index (χ1n) is 4.73. The predicted molar refractivity (Wildman–Crippen MR) is 58.7 cm³/mol. The molecule has 0 amide bonds. The molecule has 0 aliphatic carbocycles. The van der Waals surface area contributed by atoms with Crippen molar-refractivity contribution < 1.29 is 26.3 Å². The Bertz CT molecular complexity index is 677. The van der Waals surface area contributed by atoms with Crippen LogP contribution in [0.25, 0.3) is 18.6 Å². The van der Waals surface area contributed by atoms with Crippen LogP contribution in [0, 0.1) is 0 Å². The van der Waals surface area contributed by atoms with Gasteiger partial charge < -0.3 is 0 Å². The molecule has 0 saturated carbocycles. The smallest absolute Gasteiger partial charge is 0.247 e. The van der Waals surface area contributed by atoms with E-state index in [2.05, 4.69) is 0 Å². The Labute approximate surface area is 109 Å². The van der Waals surface area contributed by atoms with E-state index in [1.54, 1.807) is 0 Å². The SMILES string of the molecule is O=c1n(C=C(F)F)c(=O)n(C=C(F)F)c(=O)n1C=C(F)F. The molecule has 1 aromatic rings. The summed E-state index contributed by atoms with van der Waals surface area (Å²) in [5.74, 6) is 0. The summed E-state index contributed by atoms with van der Waals surface area (Å²) in [7, 11) is 0. The molecule has 6 nitrogen and oxygen atoms in total. The lowest BCUT2D eigenvalue weighted by Gasteiger charge is -2.05. The van der Waals surface area contributed by atoms with Gasteiger partial charge in [-0.15, -0.1) is 0 Å². The average molecular weight is 315 g/mol. The summed E-state index contributed by atoms with van der Waals surface area (Å²) in [5, 5.41) is 0. The fourth-order valence-electron chi connectivity index (χ4n) is 1.22. The first-order valence-corrected chi connectivity index (χ1v) is 4.73. The Morgan fingerprint density at radius 3 is 0.905 bits per heavy atom. The van der Waals surface area contributed by atoms with Gasteiger partial charge >= 0.3 is 17.1 Å². The Morgan fingerprint density at radius 2 is 0.762 bits per heavy atom. The minimum atomic E-state index is -2.60. The third-order valence-corrected chi connectivity index (χ3v) is 1.92. The minimum absolute atomic E-state index is 0.398. The fourth-order valence-corrected chi connectivity index (χ4v) is 1.22. The van der Waals surface area contributed by atoms with E-state index in [0.29, 0.717) is 0 Å². The number of nitrogens with zero attached hydrogens (tertiary/aromatic N) is 3. The summed E-state index contributed by atoms with van der Waals surface area (Å²) in [6.45, 7) is 0. The zero-order valence-corrected chi connectivity index (χ0v) is 9.57. The molecule has 0 aliphatic heterocycles. The molecule has 114 valence electrons. The molecule has 12 heteroatoms. The highest BCUT2D eigenvalue weighted by Gasteiger charge is 2.14. The van der Waals surface area contributed by atoms with Gasteiger partial charge in [-0.05, 0) is 0 Å². The van der Waals surface area contributed by atoms with Crippen LogP contribution in [-0.2, 0) is 0 Å². The Hall–Kier alpha value is -2.79. The second-order valence-electron chi connectivity index (χ2n) is 3.21. The largest absolute Gasteiger partial charge is 0.345 e. The van der Waals surface area contributed by atoms with E-state index >= 15 is 0 Å². The fraction of sp³-hybridized carbons (Fsp3) is 0. The van der Waals surface area contributed by atoms with Crippen molar-refractivity contribution in [2.24, 2.45) is 0 Å². The minimum Gasteiger partial charge on any atom is -0.247 e. The molecule has 1 heterocycles. The van der Waals surface area contributed by atoms with Gasteiger partial charge in [0, 0.05) is 0 Å². The van der Waals surface area contributed by atoms with Crippen molar-refractivity contribution in [3.8, 4) is 0 Å². The standard InChI is InChI=1S/C9H3F6N3O3/c10-4(11)1-16-7(19)17(2-5(12)13)9(21)18(8(16)20)3-6(14)15/h1-3H. The van der Waals surface area contributed by atoms with Crippen LogP contribution in [-0.4, -0.2) is 13.7 Å². The van der Waals surface area contributed by atoms with Gasteiger partial charge in [-0.25, -0.2) is 28.1 Å². The summed E-state index contributed by atoms with van der Waals surface area (Å²) in [6, 6.07) is 0. The van der Waals surface area contributed by atoms with Crippen LogP contribution in [0.1, 0.15) is 0 Å². The third kappa shape index (κ3) is 3.61. The van der Waals surface area contributed by atoms with Crippen LogP contribution in [0.3, 0.4) is 0 Å². The van der Waals surface area contributed by atoms with Gasteiger partial charge in [0.25, 0.3) is 18.2 Å². The van der Waals surface area contributed by atoms with Crippen molar-refractivity contribution in [3.63, 3.8) is 0 Å². The Balaban J connectivity index is 4.03. The normalized spacial score (nSPS) is 10.0. The van der Waals surface area contributed by atoms with Crippen molar-refractivity contribution in [3.05, 3.63) is 49.7 Å². The molecule has 21 heavy (non-hydrogen) atoms. The molecule has 0 unspecified atom stereocenters. The molecule has 1 aromatic heterocycles. The van der Waals surface area contributed by atoms with Crippen LogP contribution in [0.5, 0.6) is 0 Å². The Kier molecular flexibility index (Phi) is 4.73. The zero-order chi connectivity index (χ0) is 16.3.